The van der Waals surface area contributed by atoms with Crippen molar-refractivity contribution in [3.8, 4) is 0 Å². The molecule has 1 aromatic rings. The summed E-state index contributed by atoms with van der Waals surface area (Å²) >= 11 is 0. The van der Waals surface area contributed by atoms with Gasteiger partial charge >= 0.3 is 0 Å². The summed E-state index contributed by atoms with van der Waals surface area (Å²) in [6.45, 7) is 10.4. The van der Waals surface area contributed by atoms with Gasteiger partial charge in [0.2, 0.25) is 5.91 Å². The highest BCUT2D eigenvalue weighted by atomic mass is 16.5. The van der Waals surface area contributed by atoms with Crippen molar-refractivity contribution in [2.75, 3.05) is 20.3 Å². The van der Waals surface area contributed by atoms with E-state index in [9.17, 15) is 9.59 Å². The minimum absolute atomic E-state index is 0.235. The molecular formula is C20H32N4O4. The lowest BCUT2D eigenvalue weighted by Crippen LogP contribution is -2.58. The van der Waals surface area contributed by atoms with Gasteiger partial charge in [-0.05, 0) is 47.6 Å². The highest BCUT2D eigenvalue weighted by Gasteiger charge is 2.37. The number of rotatable bonds is 6. The summed E-state index contributed by atoms with van der Waals surface area (Å²) in [7, 11) is 1.90. The van der Waals surface area contributed by atoms with Gasteiger partial charge in [0.25, 0.3) is 5.91 Å². The number of imide groups is 1. The quantitative estimate of drug-likeness (QED) is 0.708. The Balaban J connectivity index is 2.05. The molecule has 1 fully saturated rings. The molecule has 1 aromatic heterocycles. The zero-order valence-electron chi connectivity index (χ0n) is 17.7. The Hall–Kier alpha value is -2.19. The Morgan fingerprint density at radius 3 is 2.43 bits per heavy atom. The van der Waals surface area contributed by atoms with Gasteiger partial charge in [-0.25, -0.2) is 4.98 Å². The molecule has 1 aliphatic heterocycles. The molecule has 0 aliphatic carbocycles. The van der Waals surface area contributed by atoms with Crippen LogP contribution in [0.3, 0.4) is 0 Å². The zero-order valence-corrected chi connectivity index (χ0v) is 17.7. The van der Waals surface area contributed by atoms with E-state index in [-0.39, 0.29) is 17.6 Å². The molecule has 0 saturated carbocycles. The van der Waals surface area contributed by atoms with Gasteiger partial charge in [-0.15, -0.1) is 0 Å². The fourth-order valence-corrected chi connectivity index (χ4v) is 3.10. The SMILES string of the molecule is Cc1ncc(C(C)(C)C(N)=CC(=O)NC(=O)C(C)(C)N(C)C2CCOCC2)o1. The minimum Gasteiger partial charge on any atom is -0.445 e. The van der Waals surface area contributed by atoms with Gasteiger partial charge in [-0.1, -0.05) is 0 Å². The second-order valence-corrected chi connectivity index (χ2v) is 8.30. The first kappa shape index (κ1) is 22.1. The maximum absolute atomic E-state index is 12.8. The maximum atomic E-state index is 12.8. The molecule has 0 bridgehead atoms. The molecule has 1 aliphatic rings. The van der Waals surface area contributed by atoms with Crippen LogP contribution < -0.4 is 11.1 Å². The minimum atomic E-state index is -0.849. The molecule has 2 amide bonds. The molecule has 0 radical (unpaired) electrons. The molecule has 0 aromatic carbocycles. The normalized spacial score (nSPS) is 17.0. The number of oxazole rings is 1. The number of carbonyl (C=O) groups is 2. The standard InChI is InChI=1S/C20H32N4O4/c1-13-22-12-16(28-13)19(2,3)15(21)11-17(25)23-18(26)20(4,5)24(6)14-7-9-27-10-8-14/h11-12,14H,7-10,21H2,1-6H3,(H,23,25,26). The summed E-state index contributed by atoms with van der Waals surface area (Å²) in [4.78, 5) is 31.3. The lowest BCUT2D eigenvalue weighted by molar-refractivity contribution is -0.137. The molecule has 2 heterocycles. The zero-order chi connectivity index (χ0) is 21.1. The summed E-state index contributed by atoms with van der Waals surface area (Å²) in [5, 5.41) is 2.45. The monoisotopic (exact) mass is 392 g/mol. The van der Waals surface area contributed by atoms with E-state index in [4.69, 9.17) is 14.9 Å². The number of nitrogens with two attached hydrogens (primary N) is 1. The largest absolute Gasteiger partial charge is 0.445 e. The molecule has 0 atom stereocenters. The molecule has 8 heteroatoms. The third-order valence-electron chi connectivity index (χ3n) is 5.66. The van der Waals surface area contributed by atoms with Gasteiger partial charge < -0.3 is 14.9 Å². The number of hydrogen-bond donors (Lipinski definition) is 2. The van der Waals surface area contributed by atoms with Gasteiger partial charge in [0.1, 0.15) is 5.76 Å². The van der Waals surface area contributed by atoms with Crippen molar-refractivity contribution in [3.05, 3.63) is 29.6 Å². The van der Waals surface area contributed by atoms with Crippen molar-refractivity contribution in [1.29, 1.82) is 0 Å². The first-order valence-corrected chi connectivity index (χ1v) is 9.53. The van der Waals surface area contributed by atoms with Crippen molar-refractivity contribution < 1.29 is 18.7 Å². The van der Waals surface area contributed by atoms with E-state index >= 15 is 0 Å². The summed E-state index contributed by atoms with van der Waals surface area (Å²) in [5.41, 5.74) is 4.84. The number of likely N-dealkylation sites (N-methyl/N-ethyl adjacent to an activating group) is 1. The molecule has 28 heavy (non-hydrogen) atoms. The van der Waals surface area contributed by atoms with E-state index in [2.05, 4.69) is 10.3 Å². The number of nitrogens with one attached hydrogen (secondary N) is 1. The fourth-order valence-electron chi connectivity index (χ4n) is 3.10. The first-order valence-electron chi connectivity index (χ1n) is 9.53. The van der Waals surface area contributed by atoms with E-state index in [1.54, 1.807) is 27.0 Å². The Bertz CT molecular complexity index is 745. The van der Waals surface area contributed by atoms with Gasteiger partial charge in [0.05, 0.1) is 17.2 Å². The number of aromatic nitrogens is 1. The van der Waals surface area contributed by atoms with Crippen molar-refractivity contribution in [1.82, 2.24) is 15.2 Å². The average Bonchev–Trinajstić information content (AvgIpc) is 3.08. The molecule has 0 unspecified atom stereocenters. The first-order chi connectivity index (χ1) is 13.0. The Morgan fingerprint density at radius 2 is 1.89 bits per heavy atom. The molecule has 2 rings (SSSR count). The number of hydrogen-bond acceptors (Lipinski definition) is 7. The van der Waals surface area contributed by atoms with Crippen molar-refractivity contribution in [3.63, 3.8) is 0 Å². The topological polar surface area (TPSA) is 111 Å². The van der Waals surface area contributed by atoms with Crippen molar-refractivity contribution in [2.45, 2.75) is 64.5 Å². The summed E-state index contributed by atoms with van der Waals surface area (Å²) in [6.07, 6.45) is 4.54. The highest BCUT2D eigenvalue weighted by molar-refractivity contribution is 6.04. The van der Waals surface area contributed by atoms with Crippen LogP contribution in [0.15, 0.2) is 22.4 Å². The third-order valence-corrected chi connectivity index (χ3v) is 5.66. The van der Waals surface area contributed by atoms with Gasteiger partial charge in [0, 0.05) is 38.0 Å². The maximum Gasteiger partial charge on any atom is 0.252 e. The molecule has 3 N–H and O–H groups in total. The predicted octanol–water partition coefficient (Wildman–Crippen LogP) is 1.64. The van der Waals surface area contributed by atoms with Gasteiger partial charge in [-0.2, -0.15) is 0 Å². The van der Waals surface area contributed by atoms with Crippen molar-refractivity contribution in [2.24, 2.45) is 5.73 Å². The second kappa shape index (κ2) is 8.45. The van der Waals surface area contributed by atoms with E-state index in [0.717, 1.165) is 12.8 Å². The van der Waals surface area contributed by atoms with Crippen LogP contribution in [-0.4, -0.2) is 53.5 Å². The number of nitrogens with zero attached hydrogens (tertiary/aromatic N) is 2. The lowest BCUT2D eigenvalue weighted by Gasteiger charge is -2.41. The van der Waals surface area contributed by atoms with Crippen LogP contribution in [0.25, 0.3) is 0 Å². The van der Waals surface area contributed by atoms with Gasteiger partial charge in [-0.3, -0.25) is 19.8 Å². The molecule has 156 valence electrons. The number of carbonyl (C=O) groups excluding carboxylic acids is 2. The summed E-state index contributed by atoms with van der Waals surface area (Å²) in [5.74, 6) is 0.148. The average molecular weight is 393 g/mol. The van der Waals surface area contributed by atoms with E-state index in [0.29, 0.717) is 24.9 Å². The van der Waals surface area contributed by atoms with Crippen LogP contribution in [0, 0.1) is 6.92 Å². The lowest BCUT2D eigenvalue weighted by atomic mass is 9.86. The molecule has 0 spiro atoms. The number of amides is 2. The van der Waals surface area contributed by atoms with E-state index < -0.39 is 16.9 Å². The van der Waals surface area contributed by atoms with E-state index in [1.807, 2.05) is 25.8 Å². The van der Waals surface area contributed by atoms with E-state index in [1.165, 1.54) is 6.08 Å². The van der Waals surface area contributed by atoms with Crippen LogP contribution in [-0.2, 0) is 19.7 Å². The fraction of sp³-hybridized carbons (Fsp3) is 0.650. The Kier molecular flexibility index (Phi) is 6.67. The predicted molar refractivity (Wildman–Crippen MR) is 105 cm³/mol. The Labute approximate surface area is 166 Å². The van der Waals surface area contributed by atoms with Gasteiger partial charge in [0.15, 0.2) is 5.89 Å². The Morgan fingerprint density at radius 1 is 1.29 bits per heavy atom. The second-order valence-electron chi connectivity index (χ2n) is 8.30. The number of allylic oxidation sites excluding steroid dienone is 1. The van der Waals surface area contributed by atoms with Crippen LogP contribution in [0.4, 0.5) is 0 Å². The highest BCUT2D eigenvalue weighted by Crippen LogP contribution is 2.29. The molecular weight excluding hydrogens is 360 g/mol. The van der Waals surface area contributed by atoms with Crippen LogP contribution in [0.5, 0.6) is 0 Å². The summed E-state index contributed by atoms with van der Waals surface area (Å²) in [6, 6.07) is 0.235. The van der Waals surface area contributed by atoms with Crippen LogP contribution in [0.1, 0.15) is 52.2 Å². The third kappa shape index (κ3) is 4.80. The smallest absolute Gasteiger partial charge is 0.252 e. The summed E-state index contributed by atoms with van der Waals surface area (Å²) < 4.78 is 10.9. The number of ether oxygens (including phenoxy) is 1. The van der Waals surface area contributed by atoms with Crippen molar-refractivity contribution >= 4 is 11.8 Å². The molecule has 1 saturated heterocycles. The van der Waals surface area contributed by atoms with Crippen LogP contribution >= 0.6 is 0 Å². The molecule has 8 nitrogen and oxygen atoms in total. The number of aryl methyl sites for hydroxylation is 1. The van der Waals surface area contributed by atoms with Crippen LogP contribution in [0.2, 0.25) is 0 Å².